The third kappa shape index (κ3) is 2.17. The first kappa shape index (κ1) is 16.4. The summed E-state index contributed by atoms with van der Waals surface area (Å²) in [6.45, 7) is 2.77. The largest absolute Gasteiger partial charge is 0.458 e. The van der Waals surface area contributed by atoms with E-state index in [1.54, 1.807) is 6.08 Å². The van der Waals surface area contributed by atoms with Crippen LogP contribution in [0.3, 0.4) is 0 Å². The summed E-state index contributed by atoms with van der Waals surface area (Å²) in [5, 5.41) is 12.0. The monoisotopic (exact) mass is 344 g/mol. The molecule has 4 saturated carbocycles. The number of aliphatic hydroxyl groups is 1. The van der Waals surface area contributed by atoms with Crippen LogP contribution in [0.4, 0.5) is 0 Å². The van der Waals surface area contributed by atoms with Crippen molar-refractivity contribution < 1.29 is 14.6 Å². The maximum Gasteiger partial charge on any atom is 0.331 e. The van der Waals surface area contributed by atoms with Gasteiger partial charge >= 0.3 is 5.97 Å². The van der Waals surface area contributed by atoms with Crippen LogP contribution in [0.1, 0.15) is 71.1 Å². The Labute approximate surface area is 151 Å². The summed E-state index contributed by atoms with van der Waals surface area (Å²) in [5.41, 5.74) is 0.540. The van der Waals surface area contributed by atoms with E-state index >= 15 is 0 Å². The molecule has 0 radical (unpaired) electrons. The highest BCUT2D eigenvalue weighted by Crippen LogP contribution is 2.67. The van der Waals surface area contributed by atoms with Gasteiger partial charge in [0.15, 0.2) is 0 Å². The Bertz CT molecular complexity index is 610. The second-order valence-corrected chi connectivity index (χ2v) is 9.85. The molecule has 1 N–H and O–H groups in total. The summed E-state index contributed by atoms with van der Waals surface area (Å²) >= 11 is 0. The fourth-order valence-corrected chi connectivity index (χ4v) is 7.99. The van der Waals surface area contributed by atoms with Crippen molar-refractivity contribution in [2.45, 2.75) is 76.7 Å². The SMILES string of the molecule is C[C@]12CC[C@H]3[C@@H](CCC4CCCC[C@@H]43)[C@@]1(O)CC[C@@H]2C1=CC(=O)OC1. The van der Waals surface area contributed by atoms with Gasteiger partial charge in [-0.1, -0.05) is 26.2 Å². The van der Waals surface area contributed by atoms with Crippen molar-refractivity contribution in [2.75, 3.05) is 6.61 Å². The number of carbonyl (C=O) groups is 1. The molecule has 1 unspecified atom stereocenters. The second-order valence-electron chi connectivity index (χ2n) is 9.85. The van der Waals surface area contributed by atoms with Crippen LogP contribution in [0.5, 0.6) is 0 Å². The molecule has 5 aliphatic rings. The van der Waals surface area contributed by atoms with Crippen LogP contribution in [-0.4, -0.2) is 23.3 Å². The van der Waals surface area contributed by atoms with Crippen molar-refractivity contribution in [2.24, 2.45) is 35.0 Å². The van der Waals surface area contributed by atoms with Crippen molar-refractivity contribution in [1.82, 2.24) is 0 Å². The minimum atomic E-state index is -0.532. The lowest BCUT2D eigenvalue weighted by molar-refractivity contribution is -0.184. The molecule has 25 heavy (non-hydrogen) atoms. The molecule has 138 valence electrons. The fourth-order valence-electron chi connectivity index (χ4n) is 7.99. The van der Waals surface area contributed by atoms with E-state index < -0.39 is 5.60 Å². The van der Waals surface area contributed by atoms with Gasteiger partial charge in [-0.25, -0.2) is 4.79 Å². The number of fused-ring (bicyclic) bond motifs is 5. The minimum Gasteiger partial charge on any atom is -0.458 e. The topological polar surface area (TPSA) is 46.5 Å². The van der Waals surface area contributed by atoms with Gasteiger partial charge in [-0.2, -0.15) is 0 Å². The van der Waals surface area contributed by atoms with Gasteiger partial charge in [0.25, 0.3) is 0 Å². The van der Waals surface area contributed by atoms with Crippen LogP contribution in [0.2, 0.25) is 0 Å². The second kappa shape index (κ2) is 5.58. The van der Waals surface area contributed by atoms with E-state index in [0.29, 0.717) is 18.4 Å². The molecule has 7 atom stereocenters. The Morgan fingerprint density at radius 3 is 2.68 bits per heavy atom. The van der Waals surface area contributed by atoms with Gasteiger partial charge in [-0.3, -0.25) is 0 Å². The van der Waals surface area contributed by atoms with E-state index in [1.165, 1.54) is 44.9 Å². The lowest BCUT2D eigenvalue weighted by atomic mass is 9.47. The summed E-state index contributed by atoms with van der Waals surface area (Å²) in [6.07, 6.45) is 14.2. The zero-order valence-electron chi connectivity index (χ0n) is 15.5. The number of hydrogen-bond acceptors (Lipinski definition) is 3. The van der Waals surface area contributed by atoms with Gasteiger partial charge in [0.1, 0.15) is 6.61 Å². The maximum absolute atomic E-state index is 12.0. The van der Waals surface area contributed by atoms with Gasteiger partial charge in [0.05, 0.1) is 5.60 Å². The average Bonchev–Trinajstić information content (AvgIpc) is 3.15. The van der Waals surface area contributed by atoms with Crippen molar-refractivity contribution in [3.63, 3.8) is 0 Å². The molecule has 1 aliphatic heterocycles. The Morgan fingerprint density at radius 2 is 1.88 bits per heavy atom. The van der Waals surface area contributed by atoms with Crippen molar-refractivity contribution in [1.29, 1.82) is 0 Å². The summed E-state index contributed by atoms with van der Waals surface area (Å²) in [4.78, 5) is 11.6. The highest BCUT2D eigenvalue weighted by molar-refractivity contribution is 5.85. The molecule has 5 rings (SSSR count). The first-order chi connectivity index (χ1) is 12.0. The minimum absolute atomic E-state index is 0.0739. The average molecular weight is 344 g/mol. The molecule has 0 saturated heterocycles. The summed E-state index contributed by atoms with van der Waals surface area (Å²) in [7, 11) is 0. The van der Waals surface area contributed by atoms with E-state index in [4.69, 9.17) is 4.74 Å². The Balaban J connectivity index is 1.46. The number of ether oxygens (including phenoxy) is 1. The molecule has 0 aromatic carbocycles. The van der Waals surface area contributed by atoms with Gasteiger partial charge in [0.2, 0.25) is 0 Å². The van der Waals surface area contributed by atoms with Crippen LogP contribution in [0.15, 0.2) is 11.6 Å². The molecule has 0 spiro atoms. The first-order valence-electron chi connectivity index (χ1n) is 10.6. The zero-order chi connectivity index (χ0) is 17.2. The number of rotatable bonds is 1. The Kier molecular flexibility index (Phi) is 3.65. The van der Waals surface area contributed by atoms with Gasteiger partial charge in [-0.15, -0.1) is 0 Å². The molecular formula is C22H32O3. The predicted molar refractivity (Wildman–Crippen MR) is 95.7 cm³/mol. The van der Waals surface area contributed by atoms with Gasteiger partial charge in [0, 0.05) is 11.5 Å². The molecule has 3 nitrogen and oxygen atoms in total. The zero-order valence-corrected chi connectivity index (χ0v) is 15.5. The fraction of sp³-hybridized carbons (Fsp3) is 0.864. The highest BCUT2D eigenvalue weighted by atomic mass is 16.5. The van der Waals surface area contributed by atoms with Gasteiger partial charge < -0.3 is 9.84 Å². The Morgan fingerprint density at radius 1 is 1.04 bits per heavy atom. The molecule has 4 aliphatic carbocycles. The number of esters is 1. The lowest BCUT2D eigenvalue weighted by Gasteiger charge is -2.59. The Hall–Kier alpha value is -0.830. The molecule has 1 heterocycles. The van der Waals surface area contributed by atoms with E-state index in [9.17, 15) is 9.90 Å². The molecule has 3 heteroatoms. The van der Waals surface area contributed by atoms with Crippen LogP contribution in [0.25, 0.3) is 0 Å². The molecule has 4 fully saturated rings. The third-order valence-corrected chi connectivity index (χ3v) is 9.20. The number of carbonyl (C=O) groups excluding carboxylic acids is 1. The van der Waals surface area contributed by atoms with E-state index in [-0.39, 0.29) is 11.4 Å². The molecular weight excluding hydrogens is 312 g/mol. The predicted octanol–water partition coefficient (Wildman–Crippen LogP) is 4.24. The van der Waals surface area contributed by atoms with Crippen molar-refractivity contribution >= 4 is 5.97 Å². The lowest BCUT2D eigenvalue weighted by Crippen LogP contribution is -2.59. The smallest absolute Gasteiger partial charge is 0.331 e. The van der Waals surface area contributed by atoms with Crippen molar-refractivity contribution in [3.05, 3.63) is 11.6 Å². The van der Waals surface area contributed by atoms with Crippen LogP contribution < -0.4 is 0 Å². The third-order valence-electron chi connectivity index (χ3n) is 9.20. The normalized spacial score (nSPS) is 52.0. The van der Waals surface area contributed by atoms with Crippen LogP contribution in [-0.2, 0) is 9.53 Å². The standard InChI is InChI=1S/C22H32O3/c1-21-10-8-17-16-5-3-2-4-14(16)6-7-19(17)22(21,24)11-9-18(21)15-12-20(23)25-13-15/h12,14,16-19,24H,2-11,13H2,1H3/t14?,16-,17+,18+,19+,21+,22-/m0/s1. The van der Waals surface area contributed by atoms with Crippen molar-refractivity contribution in [3.8, 4) is 0 Å². The molecule has 0 amide bonds. The first-order valence-corrected chi connectivity index (χ1v) is 10.6. The van der Waals surface area contributed by atoms with Gasteiger partial charge in [-0.05, 0) is 80.1 Å². The van der Waals surface area contributed by atoms with E-state index in [0.717, 1.165) is 42.6 Å². The van der Waals surface area contributed by atoms with Crippen LogP contribution >= 0.6 is 0 Å². The van der Waals surface area contributed by atoms with E-state index in [2.05, 4.69) is 6.92 Å². The quantitative estimate of drug-likeness (QED) is 0.724. The van der Waals surface area contributed by atoms with E-state index in [1.807, 2.05) is 0 Å². The molecule has 0 bridgehead atoms. The summed E-state index contributed by atoms with van der Waals surface area (Å²) in [5.74, 6) is 3.17. The highest BCUT2D eigenvalue weighted by Gasteiger charge is 2.65. The summed E-state index contributed by atoms with van der Waals surface area (Å²) < 4.78 is 5.20. The number of hydrogen-bond donors (Lipinski definition) is 1. The summed E-state index contributed by atoms with van der Waals surface area (Å²) in [6, 6.07) is 0. The number of cyclic esters (lactones) is 1. The maximum atomic E-state index is 12.0. The van der Waals surface area contributed by atoms with Crippen LogP contribution in [0, 0.1) is 35.0 Å². The molecule has 0 aromatic heterocycles. The molecule has 0 aromatic rings.